The van der Waals surface area contributed by atoms with Gasteiger partial charge in [0.1, 0.15) is 0 Å². The lowest BCUT2D eigenvalue weighted by molar-refractivity contribution is 0.591. The fraction of sp³-hybridized carbons (Fsp3) is 0.750. The fourth-order valence-corrected chi connectivity index (χ4v) is 2.08. The van der Waals surface area contributed by atoms with Crippen LogP contribution in [0.1, 0.15) is 13.3 Å². The molecule has 0 aromatic heterocycles. The summed E-state index contributed by atoms with van der Waals surface area (Å²) in [6.07, 6.45) is 5.65. The molecule has 3 nitrogen and oxygen atoms in total. The van der Waals surface area contributed by atoms with Gasteiger partial charge in [0.2, 0.25) is 0 Å². The quantitative estimate of drug-likeness (QED) is 0.474. The predicted molar refractivity (Wildman–Crippen MR) is 50.6 cm³/mol. The zero-order chi connectivity index (χ0) is 9.45. The second kappa shape index (κ2) is 6.04. The van der Waals surface area contributed by atoms with Crippen LogP contribution in [0, 0.1) is 12.3 Å². The average Bonchev–Trinajstić information content (AvgIpc) is 1.98. The summed E-state index contributed by atoms with van der Waals surface area (Å²) in [5.41, 5.74) is 0. The SMILES string of the molecule is C#CCNCCS(=O)(=O)CCC. The predicted octanol–water partition coefficient (Wildman–Crippen LogP) is 0.0340. The zero-order valence-corrected chi connectivity index (χ0v) is 8.15. The standard InChI is InChI=1S/C8H15NO2S/c1-3-5-9-6-8-12(10,11)7-4-2/h1,9H,4-8H2,2H3. The van der Waals surface area contributed by atoms with Crippen molar-refractivity contribution in [1.29, 1.82) is 0 Å². The Hall–Kier alpha value is -0.530. The maximum Gasteiger partial charge on any atom is 0.151 e. The van der Waals surface area contributed by atoms with Gasteiger partial charge in [0.15, 0.2) is 9.84 Å². The van der Waals surface area contributed by atoms with E-state index >= 15 is 0 Å². The van der Waals surface area contributed by atoms with Crippen molar-refractivity contribution >= 4 is 9.84 Å². The minimum Gasteiger partial charge on any atom is -0.305 e. The minimum absolute atomic E-state index is 0.183. The monoisotopic (exact) mass is 189 g/mol. The molecule has 0 aromatic rings. The second-order valence-corrected chi connectivity index (χ2v) is 4.84. The zero-order valence-electron chi connectivity index (χ0n) is 7.34. The molecule has 0 aliphatic rings. The molecule has 0 saturated carbocycles. The highest BCUT2D eigenvalue weighted by Gasteiger charge is 2.07. The molecule has 70 valence electrons. The van der Waals surface area contributed by atoms with Gasteiger partial charge in [-0.1, -0.05) is 12.8 Å². The Balaban J connectivity index is 3.57. The van der Waals surface area contributed by atoms with Gasteiger partial charge in [0.05, 0.1) is 12.3 Å². The van der Waals surface area contributed by atoms with Crippen LogP contribution in [-0.2, 0) is 9.84 Å². The van der Waals surface area contributed by atoms with Gasteiger partial charge in [-0.2, -0.15) is 0 Å². The Labute approximate surface area is 74.5 Å². The van der Waals surface area contributed by atoms with Crippen LogP contribution in [0.3, 0.4) is 0 Å². The van der Waals surface area contributed by atoms with E-state index in [-0.39, 0.29) is 11.5 Å². The number of terminal acetylenes is 1. The Morgan fingerprint density at radius 2 is 2.08 bits per heavy atom. The first kappa shape index (κ1) is 11.5. The van der Waals surface area contributed by atoms with E-state index in [1.807, 2.05) is 6.92 Å². The summed E-state index contributed by atoms with van der Waals surface area (Å²) in [5, 5.41) is 2.83. The minimum atomic E-state index is -2.84. The molecule has 0 aliphatic heterocycles. The third kappa shape index (κ3) is 6.20. The average molecular weight is 189 g/mol. The number of nitrogens with one attached hydrogen (secondary N) is 1. The van der Waals surface area contributed by atoms with Crippen molar-refractivity contribution in [2.24, 2.45) is 0 Å². The molecule has 1 N–H and O–H groups in total. The van der Waals surface area contributed by atoms with E-state index in [9.17, 15) is 8.42 Å². The molecule has 0 saturated heterocycles. The van der Waals surface area contributed by atoms with Crippen LogP contribution < -0.4 is 5.32 Å². The maximum absolute atomic E-state index is 11.1. The first-order valence-corrected chi connectivity index (χ1v) is 5.79. The van der Waals surface area contributed by atoms with E-state index in [0.29, 0.717) is 19.5 Å². The van der Waals surface area contributed by atoms with E-state index in [0.717, 1.165) is 0 Å². The molecule has 0 rings (SSSR count). The fourth-order valence-electron chi connectivity index (χ4n) is 0.801. The van der Waals surface area contributed by atoms with E-state index in [1.165, 1.54) is 0 Å². The molecule has 0 aromatic carbocycles. The summed E-state index contributed by atoms with van der Waals surface area (Å²) < 4.78 is 22.2. The molecule has 12 heavy (non-hydrogen) atoms. The molecule has 0 atom stereocenters. The first-order valence-electron chi connectivity index (χ1n) is 3.97. The van der Waals surface area contributed by atoms with Crippen LogP contribution in [0.15, 0.2) is 0 Å². The maximum atomic E-state index is 11.1. The van der Waals surface area contributed by atoms with Crippen LogP contribution in [0.25, 0.3) is 0 Å². The van der Waals surface area contributed by atoms with Crippen molar-refractivity contribution in [3.05, 3.63) is 0 Å². The van der Waals surface area contributed by atoms with E-state index in [2.05, 4.69) is 11.2 Å². The van der Waals surface area contributed by atoms with Gasteiger partial charge >= 0.3 is 0 Å². The molecular weight excluding hydrogens is 174 g/mol. The molecule has 0 aliphatic carbocycles. The summed E-state index contributed by atoms with van der Waals surface area (Å²) in [4.78, 5) is 0. The van der Waals surface area contributed by atoms with E-state index in [1.54, 1.807) is 0 Å². The topological polar surface area (TPSA) is 46.2 Å². The van der Waals surface area contributed by atoms with Gasteiger partial charge in [-0.05, 0) is 6.42 Å². The number of hydrogen-bond donors (Lipinski definition) is 1. The molecule has 4 heteroatoms. The largest absolute Gasteiger partial charge is 0.305 e. The second-order valence-electron chi connectivity index (χ2n) is 2.53. The Bertz CT molecular complexity index is 238. The van der Waals surface area contributed by atoms with Gasteiger partial charge in [-0.3, -0.25) is 0 Å². The summed E-state index contributed by atoms with van der Waals surface area (Å²) >= 11 is 0. The number of sulfone groups is 1. The lowest BCUT2D eigenvalue weighted by Gasteiger charge is -2.01. The number of rotatable bonds is 6. The molecule has 0 heterocycles. The third-order valence-corrected chi connectivity index (χ3v) is 3.19. The van der Waals surface area contributed by atoms with Crippen LogP contribution in [0.2, 0.25) is 0 Å². The summed E-state index contributed by atoms with van der Waals surface area (Å²) in [7, 11) is -2.84. The normalized spacial score (nSPS) is 11.0. The Kier molecular flexibility index (Phi) is 5.77. The van der Waals surface area contributed by atoms with E-state index < -0.39 is 9.84 Å². The van der Waals surface area contributed by atoms with Crippen molar-refractivity contribution in [3.63, 3.8) is 0 Å². The molecule has 0 unspecified atom stereocenters. The molecule has 0 bridgehead atoms. The van der Waals surface area contributed by atoms with Gasteiger partial charge in [-0.25, -0.2) is 8.42 Å². The molecule has 0 fully saturated rings. The Morgan fingerprint density at radius 1 is 1.42 bits per heavy atom. The molecule has 0 spiro atoms. The highest BCUT2D eigenvalue weighted by atomic mass is 32.2. The van der Waals surface area contributed by atoms with Gasteiger partial charge < -0.3 is 5.32 Å². The lowest BCUT2D eigenvalue weighted by atomic mass is 10.6. The number of hydrogen-bond acceptors (Lipinski definition) is 3. The molecule has 0 amide bonds. The van der Waals surface area contributed by atoms with Crippen LogP contribution >= 0.6 is 0 Å². The third-order valence-electron chi connectivity index (χ3n) is 1.33. The molecular formula is C8H15NO2S. The van der Waals surface area contributed by atoms with Gasteiger partial charge in [0.25, 0.3) is 0 Å². The van der Waals surface area contributed by atoms with Gasteiger partial charge in [-0.15, -0.1) is 6.42 Å². The van der Waals surface area contributed by atoms with E-state index in [4.69, 9.17) is 6.42 Å². The van der Waals surface area contributed by atoms with Crippen LogP contribution in [0.4, 0.5) is 0 Å². The lowest BCUT2D eigenvalue weighted by Crippen LogP contribution is -2.24. The molecule has 0 radical (unpaired) electrons. The van der Waals surface area contributed by atoms with Crippen LogP contribution in [0.5, 0.6) is 0 Å². The van der Waals surface area contributed by atoms with Crippen molar-refractivity contribution in [1.82, 2.24) is 5.32 Å². The van der Waals surface area contributed by atoms with Gasteiger partial charge in [0, 0.05) is 12.3 Å². The highest BCUT2D eigenvalue weighted by molar-refractivity contribution is 7.91. The summed E-state index contributed by atoms with van der Waals surface area (Å²) in [6, 6.07) is 0. The van der Waals surface area contributed by atoms with Crippen LogP contribution in [-0.4, -0.2) is 33.0 Å². The van der Waals surface area contributed by atoms with Crippen molar-refractivity contribution in [2.75, 3.05) is 24.6 Å². The highest BCUT2D eigenvalue weighted by Crippen LogP contribution is 1.91. The smallest absolute Gasteiger partial charge is 0.151 e. The van der Waals surface area contributed by atoms with Crippen molar-refractivity contribution < 1.29 is 8.42 Å². The summed E-state index contributed by atoms with van der Waals surface area (Å²) in [5.74, 6) is 2.83. The van der Waals surface area contributed by atoms with Crippen molar-refractivity contribution in [2.45, 2.75) is 13.3 Å². The van der Waals surface area contributed by atoms with Crippen molar-refractivity contribution in [3.8, 4) is 12.3 Å². The summed E-state index contributed by atoms with van der Waals surface area (Å²) in [6.45, 7) is 2.74. The Morgan fingerprint density at radius 3 is 2.58 bits per heavy atom. The first-order chi connectivity index (χ1) is 5.62.